The molecule has 0 aliphatic carbocycles. The average molecular weight is 227 g/mol. The van der Waals surface area contributed by atoms with Crippen LogP contribution in [0.4, 0.5) is 5.95 Å². The summed E-state index contributed by atoms with van der Waals surface area (Å²) in [5.41, 5.74) is 0. The number of thiol groups is 1. The lowest BCUT2D eigenvalue weighted by molar-refractivity contribution is -0.117. The van der Waals surface area contributed by atoms with Crippen LogP contribution in [0.1, 0.15) is 32.1 Å². The van der Waals surface area contributed by atoms with Crippen molar-refractivity contribution in [3.8, 4) is 0 Å². The zero-order chi connectivity index (χ0) is 11.0. The lowest BCUT2D eigenvalue weighted by atomic mass is 10.2. The fourth-order valence-corrected chi connectivity index (χ4v) is 1.77. The lowest BCUT2D eigenvalue weighted by Gasteiger charge is -2.08. The van der Waals surface area contributed by atoms with Crippen LogP contribution in [0.5, 0.6) is 0 Å². The van der Waals surface area contributed by atoms with Gasteiger partial charge in [0.1, 0.15) is 0 Å². The quantitative estimate of drug-likeness (QED) is 0.772. The predicted octanol–water partition coefficient (Wildman–Crippen LogP) is 1.23. The molecule has 1 aromatic heterocycles. The molecule has 2 heterocycles. The molecular weight excluding hydrogens is 214 g/mol. The van der Waals surface area contributed by atoms with Crippen LogP contribution < -0.4 is 4.90 Å². The van der Waals surface area contributed by atoms with Gasteiger partial charge in [0.2, 0.25) is 11.8 Å². The monoisotopic (exact) mass is 227 g/mol. The molecule has 1 aromatic rings. The topological polar surface area (TPSA) is 59.2 Å². The number of rotatable bonds is 2. The first-order chi connectivity index (χ1) is 7.08. The van der Waals surface area contributed by atoms with Gasteiger partial charge in [-0.3, -0.25) is 9.69 Å². The van der Waals surface area contributed by atoms with Crippen LogP contribution in [0.15, 0.2) is 4.52 Å². The minimum Gasteiger partial charge on any atom is -0.337 e. The summed E-state index contributed by atoms with van der Waals surface area (Å²) >= 11 is 4.26. The highest BCUT2D eigenvalue weighted by Gasteiger charge is 2.31. The highest BCUT2D eigenvalue weighted by molar-refractivity contribution is 7.81. The summed E-state index contributed by atoms with van der Waals surface area (Å²) in [5, 5.41) is 3.86. The highest BCUT2D eigenvalue weighted by atomic mass is 32.1. The van der Waals surface area contributed by atoms with Crippen molar-refractivity contribution in [2.24, 2.45) is 0 Å². The van der Waals surface area contributed by atoms with E-state index in [0.29, 0.717) is 24.8 Å². The Morgan fingerprint density at radius 2 is 2.33 bits per heavy atom. The number of carbonyl (C=O) groups excluding carboxylic acids is 1. The zero-order valence-corrected chi connectivity index (χ0v) is 9.57. The molecule has 82 valence electrons. The normalized spacial score (nSPS) is 21.7. The van der Waals surface area contributed by atoms with Gasteiger partial charge >= 0.3 is 0 Å². The Kier molecular flexibility index (Phi) is 2.68. The van der Waals surface area contributed by atoms with Gasteiger partial charge in [0.15, 0.2) is 0 Å². The second-order valence-electron chi connectivity index (χ2n) is 3.95. The summed E-state index contributed by atoms with van der Waals surface area (Å²) in [7, 11) is 0. The first kappa shape index (κ1) is 10.5. The Balaban J connectivity index is 2.19. The number of hydrogen-bond donors (Lipinski definition) is 1. The molecule has 5 nitrogen and oxygen atoms in total. The van der Waals surface area contributed by atoms with Gasteiger partial charge in [0.05, 0.1) is 0 Å². The van der Waals surface area contributed by atoms with E-state index in [4.69, 9.17) is 4.52 Å². The summed E-state index contributed by atoms with van der Waals surface area (Å²) in [4.78, 5) is 17.2. The molecule has 0 spiro atoms. The van der Waals surface area contributed by atoms with Gasteiger partial charge in [-0.1, -0.05) is 13.8 Å². The molecule has 1 fully saturated rings. The fraction of sp³-hybridized carbons (Fsp3) is 0.667. The highest BCUT2D eigenvalue weighted by Crippen LogP contribution is 2.22. The van der Waals surface area contributed by atoms with Crippen LogP contribution in [-0.2, 0) is 4.79 Å². The summed E-state index contributed by atoms with van der Waals surface area (Å²) in [5.74, 6) is 1.10. The molecule has 1 aliphatic heterocycles. The largest absolute Gasteiger partial charge is 0.337 e. The van der Waals surface area contributed by atoms with Crippen molar-refractivity contribution in [2.45, 2.75) is 31.4 Å². The molecule has 0 radical (unpaired) electrons. The van der Waals surface area contributed by atoms with Crippen LogP contribution in [0.25, 0.3) is 0 Å². The third-order valence-electron chi connectivity index (χ3n) is 2.27. The molecule has 0 bridgehead atoms. The van der Waals surface area contributed by atoms with Crippen LogP contribution in [0.2, 0.25) is 0 Å². The number of hydrogen-bond acceptors (Lipinski definition) is 5. The van der Waals surface area contributed by atoms with E-state index in [2.05, 4.69) is 22.8 Å². The van der Waals surface area contributed by atoms with Crippen LogP contribution in [0.3, 0.4) is 0 Å². The van der Waals surface area contributed by atoms with E-state index in [1.165, 1.54) is 4.90 Å². The van der Waals surface area contributed by atoms with Crippen molar-refractivity contribution in [1.82, 2.24) is 10.1 Å². The van der Waals surface area contributed by atoms with E-state index in [9.17, 15) is 4.79 Å². The molecule has 6 heteroatoms. The number of nitrogens with zero attached hydrogens (tertiary/aromatic N) is 3. The van der Waals surface area contributed by atoms with Gasteiger partial charge in [-0.05, 0) is 5.16 Å². The number of carbonyl (C=O) groups is 1. The average Bonchev–Trinajstić information content (AvgIpc) is 2.71. The van der Waals surface area contributed by atoms with Crippen LogP contribution >= 0.6 is 12.6 Å². The van der Waals surface area contributed by atoms with Crippen molar-refractivity contribution in [1.29, 1.82) is 0 Å². The van der Waals surface area contributed by atoms with Crippen molar-refractivity contribution in [2.75, 3.05) is 11.4 Å². The van der Waals surface area contributed by atoms with Crippen molar-refractivity contribution in [3.63, 3.8) is 0 Å². The number of anilines is 1. The molecule has 1 aliphatic rings. The Bertz CT molecular complexity index is 377. The summed E-state index contributed by atoms with van der Waals surface area (Å²) in [6.45, 7) is 4.48. The molecule has 0 aromatic carbocycles. The van der Waals surface area contributed by atoms with Gasteiger partial charge in [-0.25, -0.2) is 0 Å². The first-order valence-electron chi connectivity index (χ1n) is 4.90. The van der Waals surface area contributed by atoms with Gasteiger partial charge in [0, 0.05) is 24.1 Å². The Morgan fingerprint density at radius 1 is 1.60 bits per heavy atom. The minimum atomic E-state index is 0.00565. The molecule has 0 saturated carbocycles. The van der Waals surface area contributed by atoms with E-state index in [1.54, 1.807) is 0 Å². The Morgan fingerprint density at radius 3 is 2.80 bits per heavy atom. The fourth-order valence-electron chi connectivity index (χ4n) is 1.45. The van der Waals surface area contributed by atoms with Crippen LogP contribution in [-0.4, -0.2) is 27.8 Å². The van der Waals surface area contributed by atoms with Gasteiger partial charge in [-0.2, -0.15) is 17.6 Å². The standard InChI is InChI=1S/C9H13N3O2S/c1-5(2)8-10-9(11-14-8)12-4-6(15)3-7(12)13/h5-6,15H,3-4H2,1-2H3. The molecule has 1 atom stereocenters. The van der Waals surface area contributed by atoms with Gasteiger partial charge in [-0.15, -0.1) is 0 Å². The zero-order valence-electron chi connectivity index (χ0n) is 8.67. The van der Waals surface area contributed by atoms with Gasteiger partial charge < -0.3 is 4.52 Å². The molecule has 2 rings (SSSR count). The molecule has 1 saturated heterocycles. The van der Waals surface area contributed by atoms with Crippen molar-refractivity contribution < 1.29 is 9.32 Å². The maximum atomic E-state index is 11.5. The van der Waals surface area contributed by atoms with E-state index < -0.39 is 0 Å². The summed E-state index contributed by atoms with van der Waals surface area (Å²) < 4.78 is 5.04. The van der Waals surface area contributed by atoms with Crippen LogP contribution in [0, 0.1) is 0 Å². The predicted molar refractivity (Wildman–Crippen MR) is 58.1 cm³/mol. The molecule has 0 N–H and O–H groups in total. The van der Waals surface area contributed by atoms with E-state index in [0.717, 1.165) is 0 Å². The van der Waals surface area contributed by atoms with Crippen molar-refractivity contribution >= 4 is 24.5 Å². The summed E-state index contributed by atoms with van der Waals surface area (Å²) in [6.07, 6.45) is 0.439. The third-order valence-corrected chi connectivity index (χ3v) is 2.62. The van der Waals surface area contributed by atoms with E-state index >= 15 is 0 Å². The second kappa shape index (κ2) is 3.84. The number of amides is 1. The SMILES string of the molecule is CC(C)c1nc(N2CC(S)CC2=O)no1. The molecular formula is C9H13N3O2S. The van der Waals surface area contributed by atoms with E-state index in [1.807, 2.05) is 13.8 Å². The maximum Gasteiger partial charge on any atom is 0.272 e. The Hall–Kier alpha value is -1.04. The lowest BCUT2D eigenvalue weighted by Crippen LogP contribution is -2.25. The van der Waals surface area contributed by atoms with E-state index in [-0.39, 0.29) is 17.1 Å². The van der Waals surface area contributed by atoms with Crippen molar-refractivity contribution in [3.05, 3.63) is 5.89 Å². The molecule has 1 unspecified atom stereocenters. The molecule has 1 amide bonds. The number of aromatic nitrogens is 2. The van der Waals surface area contributed by atoms with Gasteiger partial charge in [0.25, 0.3) is 5.95 Å². The smallest absolute Gasteiger partial charge is 0.272 e. The third kappa shape index (κ3) is 1.99. The first-order valence-corrected chi connectivity index (χ1v) is 5.41. The Labute approximate surface area is 93.2 Å². The maximum absolute atomic E-state index is 11.5. The summed E-state index contributed by atoms with van der Waals surface area (Å²) in [6, 6.07) is 0. The molecule has 15 heavy (non-hydrogen) atoms. The minimum absolute atomic E-state index is 0.00565. The second-order valence-corrected chi connectivity index (χ2v) is 4.68.